The lowest BCUT2D eigenvalue weighted by Gasteiger charge is -2.64. The molecule has 4 atom stereocenters. The Morgan fingerprint density at radius 2 is 1.83 bits per heavy atom. The number of amides is 2. The maximum Gasteiger partial charge on any atom is 0.457 e. The number of carbonyl (C=O) groups is 3. The number of rotatable bonds is 9. The quantitative estimate of drug-likeness (QED) is 0.353. The minimum Gasteiger partial charge on any atom is -0.486 e. The SMILES string of the molecule is Cc1c(CCB2O[C@@H]3C[C@@H]4C[C@@H](C4(C)C)[C@]3(C)O2)ccc(OC2CN(C(=O)CCC(N)=O)C2)c1C(=O)OC(C)(C)C. The van der Waals surface area contributed by atoms with Gasteiger partial charge in [-0.3, -0.25) is 9.59 Å². The number of hydrogen-bond acceptors (Lipinski definition) is 7. The predicted molar refractivity (Wildman–Crippen MR) is 154 cm³/mol. The van der Waals surface area contributed by atoms with Crippen molar-refractivity contribution < 1.29 is 33.2 Å². The van der Waals surface area contributed by atoms with Gasteiger partial charge in [-0.05, 0) is 94.6 Å². The average Bonchev–Trinajstić information content (AvgIpc) is 3.18. The van der Waals surface area contributed by atoms with Crippen molar-refractivity contribution in [3.8, 4) is 5.75 Å². The van der Waals surface area contributed by atoms with Gasteiger partial charge in [-0.25, -0.2) is 4.79 Å². The number of likely N-dealkylation sites (tertiary alicyclic amines) is 1. The highest BCUT2D eigenvalue weighted by Crippen LogP contribution is 2.65. The first-order chi connectivity index (χ1) is 19.1. The number of esters is 1. The number of primary amides is 1. The molecule has 224 valence electrons. The van der Waals surface area contributed by atoms with Crippen molar-refractivity contribution in [3.05, 3.63) is 28.8 Å². The highest BCUT2D eigenvalue weighted by Gasteiger charge is 2.67. The van der Waals surface area contributed by atoms with E-state index in [0.29, 0.717) is 54.4 Å². The van der Waals surface area contributed by atoms with Gasteiger partial charge < -0.3 is 29.4 Å². The third-order valence-electron chi connectivity index (χ3n) is 9.87. The standard InChI is InChI=1S/C31H45BN2O7/c1-18-19(12-13-32-40-24-15-20-14-23(30(20,5)6)31(24,7)41-32)8-9-22(27(18)28(37)39-29(2,3)4)38-21-16-34(17-21)26(36)11-10-25(33)35/h8-9,20-21,23-24H,10-17H2,1-7H3,(H2,33,35)/t20-,23-,24+,31-/m0/s1. The van der Waals surface area contributed by atoms with Crippen LogP contribution in [-0.2, 0) is 30.1 Å². The fourth-order valence-electron chi connectivity index (χ4n) is 7.31. The van der Waals surface area contributed by atoms with Crippen LogP contribution in [0.25, 0.3) is 0 Å². The Balaban J connectivity index is 1.26. The van der Waals surface area contributed by atoms with Gasteiger partial charge >= 0.3 is 13.1 Å². The number of ether oxygens (including phenoxy) is 2. The van der Waals surface area contributed by atoms with Gasteiger partial charge in [-0.15, -0.1) is 0 Å². The van der Waals surface area contributed by atoms with E-state index in [-0.39, 0.29) is 43.7 Å². The van der Waals surface area contributed by atoms with E-state index in [1.807, 2.05) is 39.8 Å². The number of benzene rings is 1. The monoisotopic (exact) mass is 568 g/mol. The van der Waals surface area contributed by atoms with E-state index in [9.17, 15) is 14.4 Å². The van der Waals surface area contributed by atoms with Gasteiger partial charge in [0.1, 0.15) is 23.0 Å². The van der Waals surface area contributed by atoms with Crippen molar-refractivity contribution in [1.29, 1.82) is 0 Å². The first kappa shape index (κ1) is 29.9. The third-order valence-corrected chi connectivity index (χ3v) is 9.87. The van der Waals surface area contributed by atoms with Gasteiger partial charge in [-0.2, -0.15) is 0 Å². The molecule has 0 spiro atoms. The van der Waals surface area contributed by atoms with Crippen molar-refractivity contribution in [3.63, 3.8) is 0 Å². The average molecular weight is 569 g/mol. The smallest absolute Gasteiger partial charge is 0.457 e. The molecule has 1 aromatic rings. The fraction of sp³-hybridized carbons (Fsp3) is 0.710. The van der Waals surface area contributed by atoms with Gasteiger partial charge in [0, 0.05) is 12.8 Å². The van der Waals surface area contributed by atoms with Gasteiger partial charge in [-0.1, -0.05) is 19.9 Å². The molecule has 0 radical (unpaired) electrons. The number of nitrogens with zero attached hydrogens (tertiary/aromatic N) is 1. The normalized spacial score (nSPS) is 28.4. The zero-order valence-electron chi connectivity index (χ0n) is 25.6. The van der Waals surface area contributed by atoms with E-state index in [1.54, 1.807) is 4.90 Å². The Bertz CT molecular complexity index is 1220. The molecular formula is C31H45BN2O7. The molecule has 10 heteroatoms. The van der Waals surface area contributed by atoms with Gasteiger partial charge in [0.25, 0.3) is 0 Å². The largest absolute Gasteiger partial charge is 0.486 e. The van der Waals surface area contributed by atoms with Crippen LogP contribution in [0.2, 0.25) is 6.32 Å². The van der Waals surface area contributed by atoms with Crippen molar-refractivity contribution in [1.82, 2.24) is 4.90 Å². The minimum atomic E-state index is -0.664. The molecule has 3 aliphatic carbocycles. The summed E-state index contributed by atoms with van der Waals surface area (Å²) in [4.78, 5) is 38.3. The lowest BCUT2D eigenvalue weighted by molar-refractivity contribution is -0.199. The molecule has 5 fully saturated rings. The maximum atomic E-state index is 13.4. The number of aryl methyl sites for hydroxylation is 1. The van der Waals surface area contributed by atoms with Crippen molar-refractivity contribution in [2.75, 3.05) is 13.1 Å². The Kier molecular flexibility index (Phi) is 7.73. The maximum absolute atomic E-state index is 13.4. The summed E-state index contributed by atoms with van der Waals surface area (Å²) in [5, 5.41) is 0. The molecule has 0 aromatic heterocycles. The molecule has 41 heavy (non-hydrogen) atoms. The Hall–Kier alpha value is -2.59. The summed E-state index contributed by atoms with van der Waals surface area (Å²) in [7, 11) is -0.270. The highest BCUT2D eigenvalue weighted by atomic mass is 16.7. The highest BCUT2D eigenvalue weighted by molar-refractivity contribution is 6.45. The second-order valence-corrected chi connectivity index (χ2v) is 14.2. The third kappa shape index (κ3) is 5.74. The molecule has 1 aromatic carbocycles. The van der Waals surface area contributed by atoms with Crippen LogP contribution in [-0.4, -0.2) is 66.3 Å². The van der Waals surface area contributed by atoms with Gasteiger partial charge in [0.15, 0.2) is 0 Å². The first-order valence-electron chi connectivity index (χ1n) is 15.0. The number of carbonyl (C=O) groups excluding carboxylic acids is 3. The van der Waals surface area contributed by atoms with Crippen LogP contribution in [0.15, 0.2) is 12.1 Å². The summed E-state index contributed by atoms with van der Waals surface area (Å²) in [6.45, 7) is 15.2. The molecule has 3 saturated carbocycles. The van der Waals surface area contributed by atoms with E-state index in [2.05, 4.69) is 20.8 Å². The Morgan fingerprint density at radius 3 is 2.46 bits per heavy atom. The van der Waals surface area contributed by atoms with E-state index in [0.717, 1.165) is 17.5 Å². The Labute approximate surface area is 243 Å². The molecule has 2 N–H and O–H groups in total. The molecule has 2 heterocycles. The molecule has 5 aliphatic rings. The first-order valence-corrected chi connectivity index (χ1v) is 15.0. The Morgan fingerprint density at radius 1 is 1.12 bits per heavy atom. The van der Waals surface area contributed by atoms with Crippen LogP contribution in [0.5, 0.6) is 5.75 Å². The van der Waals surface area contributed by atoms with Crippen LogP contribution >= 0.6 is 0 Å². The van der Waals surface area contributed by atoms with Crippen molar-refractivity contribution in [2.45, 2.75) is 110 Å². The summed E-state index contributed by atoms with van der Waals surface area (Å²) in [5.74, 6) is 0.603. The van der Waals surface area contributed by atoms with Crippen LogP contribution in [0.1, 0.15) is 88.7 Å². The van der Waals surface area contributed by atoms with E-state index < -0.39 is 17.5 Å². The summed E-state index contributed by atoms with van der Waals surface area (Å²) in [5.41, 5.74) is 6.80. The van der Waals surface area contributed by atoms with Crippen LogP contribution < -0.4 is 10.5 Å². The molecule has 0 unspecified atom stereocenters. The fourth-order valence-corrected chi connectivity index (χ4v) is 7.31. The molecular weight excluding hydrogens is 523 g/mol. The number of nitrogens with two attached hydrogens (primary N) is 1. The van der Waals surface area contributed by atoms with Crippen LogP contribution in [0, 0.1) is 24.2 Å². The zero-order valence-corrected chi connectivity index (χ0v) is 25.6. The predicted octanol–water partition coefficient (Wildman–Crippen LogP) is 4.08. The van der Waals surface area contributed by atoms with Gasteiger partial charge in [0.2, 0.25) is 11.8 Å². The molecule has 2 saturated heterocycles. The molecule has 2 bridgehead atoms. The zero-order chi connectivity index (χ0) is 29.9. The molecule has 9 nitrogen and oxygen atoms in total. The van der Waals surface area contributed by atoms with E-state index >= 15 is 0 Å². The van der Waals surface area contributed by atoms with Crippen molar-refractivity contribution >= 4 is 24.9 Å². The van der Waals surface area contributed by atoms with Gasteiger partial charge in [0.05, 0.1) is 24.8 Å². The second kappa shape index (κ2) is 10.6. The summed E-state index contributed by atoms with van der Waals surface area (Å²) < 4.78 is 25.0. The summed E-state index contributed by atoms with van der Waals surface area (Å²) in [6.07, 6.45) is 3.67. The van der Waals surface area contributed by atoms with Crippen LogP contribution in [0.3, 0.4) is 0 Å². The molecule has 2 aliphatic heterocycles. The molecule has 2 amide bonds. The summed E-state index contributed by atoms with van der Waals surface area (Å²) in [6, 6.07) is 3.82. The minimum absolute atomic E-state index is 0.0280. The molecule has 6 rings (SSSR count). The second-order valence-electron chi connectivity index (χ2n) is 14.2. The lowest BCUT2D eigenvalue weighted by atomic mass is 9.43. The van der Waals surface area contributed by atoms with E-state index in [4.69, 9.17) is 24.5 Å². The summed E-state index contributed by atoms with van der Waals surface area (Å²) >= 11 is 0. The van der Waals surface area contributed by atoms with Crippen molar-refractivity contribution in [2.24, 2.45) is 23.0 Å². The van der Waals surface area contributed by atoms with E-state index in [1.165, 1.54) is 6.42 Å². The lowest BCUT2D eigenvalue weighted by Crippen LogP contribution is -2.65. The van der Waals surface area contributed by atoms with Crippen LogP contribution in [0.4, 0.5) is 0 Å². The topological polar surface area (TPSA) is 117 Å². The number of hydrogen-bond donors (Lipinski definition) is 1.